The second-order valence-corrected chi connectivity index (χ2v) is 11.1. The topological polar surface area (TPSA) is 97.0 Å². The lowest BCUT2D eigenvalue weighted by Crippen LogP contribution is -2.42. The number of amides is 2. The normalized spacial score (nSPS) is 20.0. The number of furan rings is 1. The summed E-state index contributed by atoms with van der Waals surface area (Å²) < 4.78 is 13.7. The molecule has 6 rings (SSSR count). The molecular weight excluding hydrogens is 532 g/mol. The number of nitrogens with zero attached hydrogens (tertiary/aromatic N) is 3. The van der Waals surface area contributed by atoms with Gasteiger partial charge in [0.15, 0.2) is 0 Å². The highest BCUT2D eigenvalue weighted by Crippen LogP contribution is 2.35. The van der Waals surface area contributed by atoms with Crippen LogP contribution in [0.5, 0.6) is 5.75 Å². The van der Waals surface area contributed by atoms with Gasteiger partial charge in [-0.15, -0.1) is 0 Å². The Morgan fingerprint density at radius 3 is 2.67 bits per heavy atom. The second kappa shape index (κ2) is 12.7. The highest BCUT2D eigenvalue weighted by atomic mass is 16.5. The molecule has 42 heavy (non-hydrogen) atoms. The van der Waals surface area contributed by atoms with E-state index < -0.39 is 0 Å². The average Bonchev–Trinajstić information content (AvgIpc) is 3.61. The Morgan fingerprint density at radius 2 is 1.79 bits per heavy atom. The van der Waals surface area contributed by atoms with Crippen molar-refractivity contribution in [2.24, 2.45) is 5.92 Å². The van der Waals surface area contributed by atoms with E-state index in [1.807, 2.05) is 42.5 Å². The summed E-state index contributed by atoms with van der Waals surface area (Å²) in [5.74, 6) is 1.33. The molecule has 2 aromatic heterocycles. The fourth-order valence-corrected chi connectivity index (χ4v) is 6.06. The summed E-state index contributed by atoms with van der Waals surface area (Å²) in [6.07, 6.45) is 2.56. The summed E-state index contributed by atoms with van der Waals surface area (Å²) in [6.45, 7) is 4.02. The minimum Gasteiger partial charge on any atom is -0.494 e. The lowest BCUT2D eigenvalue weighted by atomic mass is 9.88. The van der Waals surface area contributed by atoms with Gasteiger partial charge in [-0.3, -0.25) is 19.3 Å². The van der Waals surface area contributed by atoms with Crippen molar-refractivity contribution in [2.75, 3.05) is 39.3 Å². The Hall–Kier alpha value is -4.37. The summed E-state index contributed by atoms with van der Waals surface area (Å²) in [5.41, 5.74) is 1.82. The zero-order valence-electron chi connectivity index (χ0n) is 23.6. The van der Waals surface area contributed by atoms with Gasteiger partial charge in [0.05, 0.1) is 19.1 Å². The SMILES string of the molecule is O=C1NCCN(C(=O)CCn2ccccc2=O)CCCOc2cccc(c2)[C@H]2CN(Cc3cc4ccccc4o3)C[C@H]12. The Labute approximate surface area is 244 Å². The van der Waals surface area contributed by atoms with E-state index in [0.717, 1.165) is 34.6 Å². The number of carbonyl (C=O) groups excluding carboxylic acids is 2. The average molecular weight is 569 g/mol. The number of rotatable bonds is 5. The summed E-state index contributed by atoms with van der Waals surface area (Å²) in [5, 5.41) is 4.19. The predicted octanol–water partition coefficient (Wildman–Crippen LogP) is 3.63. The molecule has 0 unspecified atom stereocenters. The third-order valence-electron chi connectivity index (χ3n) is 8.21. The maximum Gasteiger partial charge on any atom is 0.250 e. The number of nitrogens with one attached hydrogen (secondary N) is 1. The molecule has 2 amide bonds. The van der Waals surface area contributed by atoms with Crippen LogP contribution >= 0.6 is 0 Å². The number of fused-ring (bicyclic) bond motifs is 5. The van der Waals surface area contributed by atoms with Gasteiger partial charge in [0, 0.05) is 69.3 Å². The summed E-state index contributed by atoms with van der Waals surface area (Å²) in [6, 6.07) is 23.0. The molecule has 218 valence electrons. The first kappa shape index (κ1) is 27.8. The van der Waals surface area contributed by atoms with Crippen LogP contribution in [-0.2, 0) is 22.7 Å². The zero-order chi connectivity index (χ0) is 28.9. The number of ether oxygens (including phenoxy) is 1. The van der Waals surface area contributed by atoms with Gasteiger partial charge in [-0.1, -0.05) is 36.4 Å². The number of benzene rings is 2. The van der Waals surface area contributed by atoms with E-state index in [1.54, 1.807) is 23.2 Å². The summed E-state index contributed by atoms with van der Waals surface area (Å²) in [7, 11) is 0. The number of pyridine rings is 1. The van der Waals surface area contributed by atoms with Gasteiger partial charge in [0.1, 0.15) is 17.1 Å². The van der Waals surface area contributed by atoms with Gasteiger partial charge in [0.2, 0.25) is 11.8 Å². The molecule has 2 atom stereocenters. The van der Waals surface area contributed by atoms with Crippen LogP contribution in [0.25, 0.3) is 11.0 Å². The molecule has 0 radical (unpaired) electrons. The molecule has 1 saturated heterocycles. The molecule has 2 bridgehead atoms. The third kappa shape index (κ3) is 6.41. The number of para-hydroxylation sites is 1. The fraction of sp³-hybridized carbons (Fsp3) is 0.364. The first-order chi connectivity index (χ1) is 20.5. The van der Waals surface area contributed by atoms with Crippen LogP contribution in [-0.4, -0.2) is 65.5 Å². The van der Waals surface area contributed by atoms with Crippen molar-refractivity contribution in [2.45, 2.75) is 31.8 Å². The Balaban J connectivity index is 1.16. The minimum atomic E-state index is -0.248. The van der Waals surface area contributed by atoms with Crippen molar-refractivity contribution in [3.05, 3.63) is 101 Å². The molecular formula is C33H36N4O5. The molecule has 2 aliphatic heterocycles. The number of carbonyl (C=O) groups is 2. The number of hydrogen-bond acceptors (Lipinski definition) is 6. The molecule has 9 nitrogen and oxygen atoms in total. The Bertz CT molecular complexity index is 1580. The van der Waals surface area contributed by atoms with Crippen LogP contribution in [0.4, 0.5) is 0 Å². The van der Waals surface area contributed by atoms with E-state index in [1.165, 1.54) is 10.6 Å². The van der Waals surface area contributed by atoms with Gasteiger partial charge < -0.3 is 23.9 Å². The highest BCUT2D eigenvalue weighted by Gasteiger charge is 2.39. The minimum absolute atomic E-state index is 0.00258. The van der Waals surface area contributed by atoms with Crippen LogP contribution < -0.4 is 15.6 Å². The lowest BCUT2D eigenvalue weighted by molar-refractivity contribution is -0.132. The molecule has 0 aliphatic carbocycles. The summed E-state index contributed by atoms with van der Waals surface area (Å²) in [4.78, 5) is 42.8. The van der Waals surface area contributed by atoms with Gasteiger partial charge in [-0.05, 0) is 42.3 Å². The van der Waals surface area contributed by atoms with Gasteiger partial charge in [-0.25, -0.2) is 0 Å². The quantitative estimate of drug-likeness (QED) is 0.395. The molecule has 0 saturated carbocycles. The molecule has 1 fully saturated rings. The van der Waals surface area contributed by atoms with Gasteiger partial charge >= 0.3 is 0 Å². The molecule has 2 aromatic carbocycles. The number of aromatic nitrogens is 1. The van der Waals surface area contributed by atoms with Crippen LogP contribution in [0, 0.1) is 5.92 Å². The fourth-order valence-electron chi connectivity index (χ4n) is 6.06. The molecule has 0 spiro atoms. The van der Waals surface area contributed by atoms with Crippen molar-refractivity contribution >= 4 is 22.8 Å². The summed E-state index contributed by atoms with van der Waals surface area (Å²) >= 11 is 0. The standard InChI is InChI=1S/C33H36N4O5/c38-31-11-3-4-14-36(31)16-12-32(39)37-15-6-18-41-26-9-5-8-24(19-26)28-22-35(23-29(28)33(40)34-13-17-37)21-27-20-25-7-1-2-10-30(25)42-27/h1-5,7-11,14,19-20,28-29H,6,12-13,15-18,21-23H2,(H,34,40)/t28-,29+/m1/s1. The lowest BCUT2D eigenvalue weighted by Gasteiger charge is -2.25. The van der Waals surface area contributed by atoms with Crippen LogP contribution in [0.2, 0.25) is 0 Å². The first-order valence-corrected chi connectivity index (χ1v) is 14.7. The zero-order valence-corrected chi connectivity index (χ0v) is 23.6. The van der Waals surface area contributed by atoms with E-state index in [2.05, 4.69) is 22.3 Å². The van der Waals surface area contributed by atoms with Crippen LogP contribution in [0.15, 0.2) is 88.2 Å². The van der Waals surface area contributed by atoms with Crippen molar-refractivity contribution in [3.8, 4) is 5.75 Å². The molecule has 1 N–H and O–H groups in total. The molecule has 9 heteroatoms. The van der Waals surface area contributed by atoms with E-state index in [4.69, 9.17) is 9.15 Å². The van der Waals surface area contributed by atoms with Gasteiger partial charge in [-0.2, -0.15) is 0 Å². The second-order valence-electron chi connectivity index (χ2n) is 11.1. The van der Waals surface area contributed by atoms with Crippen molar-refractivity contribution < 1.29 is 18.7 Å². The van der Waals surface area contributed by atoms with E-state index >= 15 is 0 Å². The predicted molar refractivity (Wildman–Crippen MR) is 159 cm³/mol. The maximum atomic E-state index is 13.6. The number of likely N-dealkylation sites (tertiary alicyclic amines) is 1. The van der Waals surface area contributed by atoms with Gasteiger partial charge in [0.25, 0.3) is 5.56 Å². The van der Waals surface area contributed by atoms with E-state index in [0.29, 0.717) is 52.3 Å². The third-order valence-corrected chi connectivity index (χ3v) is 8.21. The maximum absolute atomic E-state index is 13.6. The van der Waals surface area contributed by atoms with Crippen LogP contribution in [0.1, 0.15) is 30.1 Å². The monoisotopic (exact) mass is 568 g/mol. The van der Waals surface area contributed by atoms with Crippen molar-refractivity contribution in [1.82, 2.24) is 19.7 Å². The first-order valence-electron chi connectivity index (χ1n) is 14.7. The van der Waals surface area contributed by atoms with E-state index in [9.17, 15) is 14.4 Å². The molecule has 2 aliphatic rings. The highest BCUT2D eigenvalue weighted by molar-refractivity contribution is 5.81. The van der Waals surface area contributed by atoms with E-state index in [-0.39, 0.29) is 35.6 Å². The van der Waals surface area contributed by atoms with Crippen molar-refractivity contribution in [1.29, 1.82) is 0 Å². The molecule has 4 heterocycles. The largest absolute Gasteiger partial charge is 0.494 e. The Kier molecular flexibility index (Phi) is 8.37. The number of aryl methyl sites for hydroxylation is 1. The smallest absolute Gasteiger partial charge is 0.250 e. The Morgan fingerprint density at radius 1 is 0.929 bits per heavy atom. The number of hydrogen-bond donors (Lipinski definition) is 1. The molecule has 4 aromatic rings. The van der Waals surface area contributed by atoms with Crippen LogP contribution in [0.3, 0.4) is 0 Å². The van der Waals surface area contributed by atoms with Crippen molar-refractivity contribution in [3.63, 3.8) is 0 Å².